The maximum absolute atomic E-state index is 13.9. The van der Waals surface area contributed by atoms with Gasteiger partial charge in [-0.25, -0.2) is 9.78 Å². The zero-order valence-electron chi connectivity index (χ0n) is 23.6. The van der Waals surface area contributed by atoms with Crippen LogP contribution in [0.1, 0.15) is 23.1 Å². The number of ether oxygens (including phenoxy) is 1. The van der Waals surface area contributed by atoms with Gasteiger partial charge in [0.05, 0.1) is 12.6 Å². The number of hydrogen-bond acceptors (Lipinski definition) is 7. The Balaban J connectivity index is 1.47. The van der Waals surface area contributed by atoms with E-state index in [9.17, 15) is 14.4 Å². The number of anilines is 1. The summed E-state index contributed by atoms with van der Waals surface area (Å²) in [6.45, 7) is 0.857. The number of rotatable bonds is 10. The number of pyridine rings is 1. The molecule has 10 heteroatoms. The molecule has 0 saturated carbocycles. The minimum atomic E-state index is -0.876. The maximum atomic E-state index is 13.9. The van der Waals surface area contributed by atoms with Gasteiger partial charge in [-0.05, 0) is 55.8 Å². The van der Waals surface area contributed by atoms with Crippen molar-refractivity contribution in [3.8, 4) is 0 Å². The summed E-state index contributed by atoms with van der Waals surface area (Å²) in [5.41, 5.74) is 8.58. The van der Waals surface area contributed by atoms with Crippen molar-refractivity contribution in [3.05, 3.63) is 95.7 Å². The number of nitrogens with one attached hydrogen (secondary N) is 1. The number of amides is 3. The first-order chi connectivity index (χ1) is 19.8. The number of nitrogen functional groups attached to an aromatic ring is 1. The molecule has 1 aliphatic rings. The summed E-state index contributed by atoms with van der Waals surface area (Å²) in [6, 6.07) is 21.6. The molecule has 216 valence electrons. The third-order valence-electron chi connectivity index (χ3n) is 7.20. The number of piperazine rings is 1. The van der Waals surface area contributed by atoms with Gasteiger partial charge >= 0.3 is 6.09 Å². The highest BCUT2D eigenvalue weighted by Gasteiger charge is 2.40. The van der Waals surface area contributed by atoms with Gasteiger partial charge in [-0.2, -0.15) is 0 Å². The molecule has 1 aromatic heterocycles. The molecule has 1 fully saturated rings. The number of nitrogens with two attached hydrogens (primary N) is 1. The molecular weight excluding hydrogens is 520 g/mol. The molecule has 1 aliphatic heterocycles. The van der Waals surface area contributed by atoms with Gasteiger partial charge < -0.3 is 25.6 Å². The average Bonchev–Trinajstić information content (AvgIpc) is 2.99. The van der Waals surface area contributed by atoms with E-state index in [1.165, 1.54) is 4.90 Å². The number of aromatic nitrogens is 1. The summed E-state index contributed by atoms with van der Waals surface area (Å²) in [7, 11) is 3.74. The van der Waals surface area contributed by atoms with Gasteiger partial charge in [0.25, 0.3) is 0 Å². The van der Waals surface area contributed by atoms with Gasteiger partial charge in [0.2, 0.25) is 11.8 Å². The van der Waals surface area contributed by atoms with Crippen LogP contribution in [0.3, 0.4) is 0 Å². The largest absolute Gasteiger partial charge is 0.445 e. The lowest BCUT2D eigenvalue weighted by atomic mass is 10.0. The Hall–Kier alpha value is -4.44. The van der Waals surface area contributed by atoms with Gasteiger partial charge in [-0.3, -0.25) is 14.5 Å². The van der Waals surface area contributed by atoms with Gasteiger partial charge in [-0.1, -0.05) is 60.7 Å². The van der Waals surface area contributed by atoms with Gasteiger partial charge in [0.15, 0.2) is 0 Å². The van der Waals surface area contributed by atoms with Crippen LogP contribution in [0.2, 0.25) is 0 Å². The molecule has 0 aliphatic carbocycles. The minimum Gasteiger partial charge on any atom is -0.445 e. The Kier molecular flexibility index (Phi) is 10.3. The smallest absolute Gasteiger partial charge is 0.410 e. The standard InChI is InChI=1S/C31H38N6O4/c1-35(2)26(14-13-23-9-5-3-6-10-23)30(39)37-18-17-36(31(40)41-22-24-11-7-4-8-12-24)21-27(37)29(38)34-20-25-15-16-33-28(32)19-25/h3-12,15-16,19,26-27H,13-14,17-18,20-22H2,1-2H3,(H2,32,33)(H,34,38). The predicted molar refractivity (Wildman–Crippen MR) is 156 cm³/mol. The number of benzene rings is 2. The van der Waals surface area contributed by atoms with Crippen LogP contribution < -0.4 is 11.1 Å². The Morgan fingerprint density at radius 2 is 1.68 bits per heavy atom. The van der Waals surface area contributed by atoms with E-state index in [0.717, 1.165) is 23.1 Å². The first-order valence-electron chi connectivity index (χ1n) is 13.8. The van der Waals surface area contributed by atoms with Gasteiger partial charge in [-0.15, -0.1) is 0 Å². The normalized spacial score (nSPS) is 15.8. The highest BCUT2D eigenvalue weighted by molar-refractivity contribution is 5.90. The van der Waals surface area contributed by atoms with Crippen molar-refractivity contribution in [3.63, 3.8) is 0 Å². The van der Waals surface area contributed by atoms with Crippen molar-refractivity contribution in [2.45, 2.75) is 38.1 Å². The van der Waals surface area contributed by atoms with Crippen molar-refractivity contribution in [2.24, 2.45) is 0 Å². The fourth-order valence-corrected chi connectivity index (χ4v) is 4.90. The molecule has 4 rings (SSSR count). The molecule has 10 nitrogen and oxygen atoms in total. The van der Waals surface area contributed by atoms with E-state index >= 15 is 0 Å². The predicted octanol–water partition coefficient (Wildman–Crippen LogP) is 2.69. The van der Waals surface area contributed by atoms with Crippen LogP contribution in [0.15, 0.2) is 79.0 Å². The molecule has 3 aromatic rings. The Morgan fingerprint density at radius 1 is 1.00 bits per heavy atom. The zero-order valence-corrected chi connectivity index (χ0v) is 23.6. The first-order valence-corrected chi connectivity index (χ1v) is 13.8. The van der Waals surface area contributed by atoms with Crippen LogP contribution in [0.4, 0.5) is 10.6 Å². The summed E-state index contributed by atoms with van der Waals surface area (Å²) in [4.78, 5) is 49.4. The number of carbonyl (C=O) groups excluding carboxylic acids is 3. The zero-order chi connectivity index (χ0) is 29.2. The number of nitrogens with zero attached hydrogens (tertiary/aromatic N) is 4. The summed E-state index contributed by atoms with van der Waals surface area (Å²) < 4.78 is 5.53. The molecule has 0 spiro atoms. The molecule has 2 atom stereocenters. The van der Waals surface area contributed by atoms with Gasteiger partial charge in [0, 0.05) is 25.8 Å². The van der Waals surface area contributed by atoms with Crippen LogP contribution >= 0.6 is 0 Å². The van der Waals surface area contributed by atoms with E-state index in [0.29, 0.717) is 12.2 Å². The molecule has 0 bridgehead atoms. The first kappa shape index (κ1) is 29.5. The van der Waals surface area contributed by atoms with Crippen molar-refractivity contribution < 1.29 is 19.1 Å². The average molecular weight is 559 g/mol. The molecule has 0 radical (unpaired) electrons. The molecule has 3 amide bonds. The number of carbonyl (C=O) groups is 3. The maximum Gasteiger partial charge on any atom is 0.410 e. The van der Waals surface area contributed by atoms with E-state index in [1.54, 1.807) is 23.2 Å². The second-order valence-corrected chi connectivity index (χ2v) is 10.3. The Labute approximate surface area is 241 Å². The molecule has 1 saturated heterocycles. The summed E-state index contributed by atoms with van der Waals surface area (Å²) in [6.07, 6.45) is 2.38. The number of hydrogen-bond donors (Lipinski definition) is 2. The van der Waals surface area contributed by atoms with E-state index in [4.69, 9.17) is 10.5 Å². The Morgan fingerprint density at radius 3 is 2.34 bits per heavy atom. The molecule has 2 heterocycles. The second kappa shape index (κ2) is 14.3. The van der Waals surface area contributed by atoms with Crippen molar-refractivity contribution in [1.29, 1.82) is 0 Å². The fourth-order valence-electron chi connectivity index (χ4n) is 4.90. The summed E-state index contributed by atoms with van der Waals surface area (Å²) in [5, 5.41) is 2.92. The van der Waals surface area contributed by atoms with E-state index in [-0.39, 0.29) is 44.6 Å². The van der Waals surface area contributed by atoms with Gasteiger partial charge in [0.1, 0.15) is 18.5 Å². The molecule has 2 unspecified atom stereocenters. The fraction of sp³-hybridized carbons (Fsp3) is 0.355. The molecule has 41 heavy (non-hydrogen) atoms. The Bertz CT molecular complexity index is 1300. The lowest BCUT2D eigenvalue weighted by Crippen LogP contribution is -2.64. The lowest BCUT2D eigenvalue weighted by molar-refractivity contribution is -0.147. The lowest BCUT2D eigenvalue weighted by Gasteiger charge is -2.42. The second-order valence-electron chi connectivity index (χ2n) is 10.3. The van der Waals surface area contributed by atoms with Crippen LogP contribution in [0.5, 0.6) is 0 Å². The minimum absolute atomic E-state index is 0.0303. The third-order valence-corrected chi connectivity index (χ3v) is 7.20. The van der Waals surface area contributed by atoms with Crippen LogP contribution in [0.25, 0.3) is 0 Å². The van der Waals surface area contributed by atoms with Crippen LogP contribution in [-0.2, 0) is 33.9 Å². The topological polar surface area (TPSA) is 121 Å². The van der Waals surface area contributed by atoms with Crippen molar-refractivity contribution >= 4 is 23.7 Å². The van der Waals surface area contributed by atoms with E-state index in [1.807, 2.05) is 79.7 Å². The van der Waals surface area contributed by atoms with Crippen LogP contribution in [0, 0.1) is 0 Å². The highest BCUT2D eigenvalue weighted by atomic mass is 16.6. The molecular formula is C31H38N6O4. The van der Waals surface area contributed by atoms with Crippen molar-refractivity contribution in [1.82, 2.24) is 25.0 Å². The highest BCUT2D eigenvalue weighted by Crippen LogP contribution is 2.18. The van der Waals surface area contributed by atoms with Crippen LogP contribution in [-0.4, -0.2) is 83.4 Å². The molecule has 3 N–H and O–H groups in total. The quantitative estimate of drug-likeness (QED) is 0.393. The monoisotopic (exact) mass is 558 g/mol. The summed E-state index contributed by atoms with van der Waals surface area (Å²) in [5.74, 6) is -0.141. The summed E-state index contributed by atoms with van der Waals surface area (Å²) >= 11 is 0. The SMILES string of the molecule is CN(C)C(CCc1ccccc1)C(=O)N1CCN(C(=O)OCc2ccccc2)CC1C(=O)NCc1ccnc(N)c1. The number of aryl methyl sites for hydroxylation is 1. The third kappa shape index (κ3) is 8.28. The van der Waals surface area contributed by atoms with E-state index in [2.05, 4.69) is 10.3 Å². The van der Waals surface area contributed by atoms with Crippen molar-refractivity contribution in [2.75, 3.05) is 39.5 Å². The van der Waals surface area contributed by atoms with E-state index < -0.39 is 18.2 Å². The molecule has 2 aromatic carbocycles. The number of likely N-dealkylation sites (N-methyl/N-ethyl adjacent to an activating group) is 1.